The molecule has 10 rings (SSSR count). The van der Waals surface area contributed by atoms with E-state index >= 15 is 0 Å². The highest BCUT2D eigenvalue weighted by atomic mass is 35.5. The molecular weight excluding hydrogens is 1080 g/mol. The number of carbonyl (C=O) groups excluding carboxylic acids is 6. The van der Waals surface area contributed by atoms with Gasteiger partial charge in [0.2, 0.25) is 41.2 Å². The number of carboxylic acids is 1. The third-order valence-electron chi connectivity index (χ3n) is 13.4. The zero-order valence-corrected chi connectivity index (χ0v) is 43.6. The molecule has 0 fully saturated rings. The van der Waals surface area contributed by atoms with Crippen LogP contribution in [0.3, 0.4) is 0 Å². The van der Waals surface area contributed by atoms with Gasteiger partial charge in [0, 0.05) is 29.3 Å². The number of halogens is 2. The van der Waals surface area contributed by atoms with Gasteiger partial charge in [0.15, 0.2) is 17.5 Å². The number of carboxylic acid groups (broad SMARTS) is 1. The molecule has 9 atom stereocenters. The second-order valence-corrected chi connectivity index (χ2v) is 20.2. The Balaban J connectivity index is 1.34. The largest absolute Gasteiger partial charge is 0.508 e. The topological polar surface area (TPSA) is 390 Å². The Hall–Kier alpha value is -8.39. The highest BCUT2D eigenvalue weighted by molar-refractivity contribution is 6.32. The monoisotopic (exact) mass is 1130 g/mol. The summed E-state index contributed by atoms with van der Waals surface area (Å²) in [6.45, 7) is 3.14. The van der Waals surface area contributed by atoms with E-state index in [0.717, 1.165) is 24.3 Å². The average Bonchev–Trinajstić information content (AvgIpc) is 3.43. The number of rotatable bonds is 8. The molecule has 0 aromatic heterocycles. The van der Waals surface area contributed by atoms with Crippen molar-refractivity contribution in [1.82, 2.24) is 37.2 Å². The van der Waals surface area contributed by atoms with Gasteiger partial charge in [0.25, 0.3) is 0 Å². The molecule has 16 N–H and O–H groups in total. The van der Waals surface area contributed by atoms with Crippen LogP contribution in [0.15, 0.2) is 78.9 Å². The summed E-state index contributed by atoms with van der Waals surface area (Å²) in [5, 5.41) is 97.5. The summed E-state index contributed by atoms with van der Waals surface area (Å²) in [6.07, 6.45) is -4.47. The zero-order valence-electron chi connectivity index (χ0n) is 42.0. The quantitative estimate of drug-likeness (QED) is 0.106. The van der Waals surface area contributed by atoms with Crippen molar-refractivity contribution in [3.63, 3.8) is 0 Å². The number of hydrogen-bond acceptors (Lipinski definition) is 17. The fourth-order valence-corrected chi connectivity index (χ4v) is 9.88. The van der Waals surface area contributed by atoms with E-state index in [4.69, 9.17) is 38.4 Å². The van der Waals surface area contributed by atoms with Crippen molar-refractivity contribution in [2.24, 2.45) is 11.7 Å². The first-order valence-electron chi connectivity index (χ1n) is 24.4. The van der Waals surface area contributed by atoms with Crippen molar-refractivity contribution in [1.29, 1.82) is 0 Å². The van der Waals surface area contributed by atoms with Gasteiger partial charge in [-0.2, -0.15) is 0 Å². The Bertz CT molecular complexity index is 3290. The molecule has 0 saturated carbocycles. The summed E-state index contributed by atoms with van der Waals surface area (Å²) in [7, 11) is 1.52. The molecule has 24 nitrogen and oxygen atoms in total. The first kappa shape index (κ1) is 56.8. The van der Waals surface area contributed by atoms with Crippen LogP contribution in [0.25, 0.3) is 11.1 Å². The lowest BCUT2D eigenvalue weighted by molar-refractivity contribution is -0.143. The van der Waals surface area contributed by atoms with E-state index in [0.29, 0.717) is 6.42 Å². The van der Waals surface area contributed by atoms with Crippen LogP contribution in [-0.4, -0.2) is 115 Å². The van der Waals surface area contributed by atoms with Gasteiger partial charge in [-0.15, -0.1) is 0 Å². The number of fused-ring (bicyclic) bond motifs is 15. The average molecular weight is 1130 g/mol. The van der Waals surface area contributed by atoms with Gasteiger partial charge in [0.05, 0.1) is 28.5 Å². The number of amides is 6. The Morgan fingerprint density at radius 1 is 0.709 bits per heavy atom. The first-order valence-corrected chi connectivity index (χ1v) is 25.2. The van der Waals surface area contributed by atoms with Crippen molar-refractivity contribution in [2.75, 3.05) is 13.6 Å². The smallest absolute Gasteiger partial charge is 0.330 e. The fraction of sp³-hybridized carbons (Fsp3) is 0.302. The second-order valence-electron chi connectivity index (χ2n) is 19.4. The Morgan fingerprint density at radius 3 is 1.91 bits per heavy atom. The molecule has 79 heavy (non-hydrogen) atoms. The fourth-order valence-electron chi connectivity index (χ4n) is 9.43. The molecule has 5 aromatic carbocycles. The Kier molecular flexibility index (Phi) is 16.7. The summed E-state index contributed by atoms with van der Waals surface area (Å²) >= 11 is 13.6. The van der Waals surface area contributed by atoms with Gasteiger partial charge in [0.1, 0.15) is 65.1 Å². The number of aliphatic hydroxyl groups excluding tert-OH is 2. The highest BCUT2D eigenvalue weighted by Crippen LogP contribution is 2.47. The van der Waals surface area contributed by atoms with Crippen LogP contribution in [0.1, 0.15) is 84.8 Å². The summed E-state index contributed by atoms with van der Waals surface area (Å²) in [6, 6.07) is 3.34. The van der Waals surface area contributed by atoms with Crippen molar-refractivity contribution < 1.29 is 78.8 Å². The summed E-state index contributed by atoms with van der Waals surface area (Å²) in [5.74, 6) is -12.0. The van der Waals surface area contributed by atoms with E-state index in [-0.39, 0.29) is 61.0 Å². The normalized spacial score (nSPS) is 22.6. The van der Waals surface area contributed by atoms with Gasteiger partial charge < -0.3 is 82.9 Å². The minimum Gasteiger partial charge on any atom is -0.508 e. The number of ether oxygens (including phenoxy) is 2. The lowest BCUT2D eigenvalue weighted by Crippen LogP contribution is -2.58. The van der Waals surface area contributed by atoms with Crippen LogP contribution < -0.4 is 52.4 Å². The predicted molar refractivity (Wildman–Crippen MR) is 280 cm³/mol. The molecule has 26 heteroatoms. The van der Waals surface area contributed by atoms with Crippen LogP contribution in [0.4, 0.5) is 0 Å². The van der Waals surface area contributed by atoms with E-state index in [1.807, 2.05) is 13.8 Å². The van der Waals surface area contributed by atoms with E-state index in [1.54, 1.807) is 0 Å². The van der Waals surface area contributed by atoms with Crippen molar-refractivity contribution >= 4 is 64.6 Å². The molecule has 6 amide bonds. The molecular formula is C53H54Cl2N8O16. The number of aliphatic hydroxyl groups is 2. The number of aliphatic carboxylic acids is 1. The van der Waals surface area contributed by atoms with E-state index in [2.05, 4.69) is 37.2 Å². The molecule has 5 aliphatic heterocycles. The van der Waals surface area contributed by atoms with Crippen molar-refractivity contribution in [2.45, 2.75) is 81.2 Å². The minimum absolute atomic E-state index is 0.00213. The molecule has 0 spiro atoms. The Morgan fingerprint density at radius 2 is 1.33 bits per heavy atom. The molecule has 5 aliphatic rings. The number of hydrogen-bond donors (Lipinski definition) is 15. The highest BCUT2D eigenvalue weighted by Gasteiger charge is 2.40. The lowest BCUT2D eigenvalue weighted by atomic mass is 9.89. The van der Waals surface area contributed by atoms with Crippen LogP contribution in [0, 0.1) is 5.92 Å². The molecule has 0 aliphatic carbocycles. The van der Waals surface area contributed by atoms with E-state index < -0.39 is 149 Å². The number of carbonyl (C=O) groups is 7. The number of nitrogens with two attached hydrogens (primary N) is 1. The molecule has 0 unspecified atom stereocenters. The van der Waals surface area contributed by atoms with Gasteiger partial charge >= 0.3 is 5.97 Å². The maximum Gasteiger partial charge on any atom is 0.330 e. The number of phenolic OH excluding ortho intramolecular Hbond substituents is 4. The number of nitrogens with one attached hydrogen (secondary N) is 7. The summed E-state index contributed by atoms with van der Waals surface area (Å²) in [5.41, 5.74) is 4.31. The van der Waals surface area contributed by atoms with Gasteiger partial charge in [-0.1, -0.05) is 55.2 Å². The number of primary amides is 1. The predicted octanol–water partition coefficient (Wildman–Crippen LogP) is 2.87. The molecule has 416 valence electrons. The number of likely N-dealkylation sites (N-methyl/N-ethyl adjacent to an activating group) is 1. The maximum absolute atomic E-state index is 15.0. The SMILES string of the molecule is CN[C@H](CC(C)C)C(=O)N[C@H]1C(=O)N[C@@H](CC(N)=O)C(=O)N[C@H]2CN[C@@H]3C(=O)N[C@H](C(=O)N[C@H](C(=O)O)c4cc(O)cc(O)c4-c4cc3ccc4O)[C@H](O)c3ccc(c(Cl)c3)Oc3cc2cc(c3O)Oc2ccc(cc2Cl)[C@H]1O. The first-order chi connectivity index (χ1) is 37.4. The van der Waals surface area contributed by atoms with Gasteiger partial charge in [-0.25, -0.2) is 4.79 Å². The lowest BCUT2D eigenvalue weighted by Gasteiger charge is -2.31. The Labute approximate surface area is 459 Å². The van der Waals surface area contributed by atoms with Crippen LogP contribution >= 0.6 is 23.2 Å². The minimum atomic E-state index is -2.11. The maximum atomic E-state index is 15.0. The van der Waals surface area contributed by atoms with Crippen molar-refractivity contribution in [3.8, 4) is 57.1 Å². The number of aromatic hydroxyl groups is 4. The second kappa shape index (κ2) is 23.3. The van der Waals surface area contributed by atoms with Gasteiger partial charge in [-0.05, 0) is 96.2 Å². The summed E-state index contributed by atoms with van der Waals surface area (Å²) < 4.78 is 12.4. The van der Waals surface area contributed by atoms with Crippen LogP contribution in [0.5, 0.6) is 46.0 Å². The molecule has 0 radical (unpaired) electrons. The zero-order chi connectivity index (χ0) is 57.3. The van der Waals surface area contributed by atoms with Gasteiger partial charge in [-0.3, -0.25) is 34.1 Å². The summed E-state index contributed by atoms with van der Waals surface area (Å²) in [4.78, 5) is 98.2. The van der Waals surface area contributed by atoms with Crippen LogP contribution in [0.2, 0.25) is 10.0 Å². The molecule has 5 heterocycles. The van der Waals surface area contributed by atoms with E-state index in [1.165, 1.54) is 61.6 Å². The third-order valence-corrected chi connectivity index (χ3v) is 14.0. The number of phenols is 4. The van der Waals surface area contributed by atoms with E-state index in [9.17, 15) is 69.3 Å². The van der Waals surface area contributed by atoms with Crippen LogP contribution in [-0.2, 0) is 33.6 Å². The van der Waals surface area contributed by atoms with Crippen molar-refractivity contribution in [3.05, 3.63) is 117 Å². The molecule has 5 aromatic rings. The standard InChI is InChI=1S/C53H54Cl2N8O16/c1-20(2)10-30(57-3)48(71)62-43-45(68)22-5-8-35(28(54)12-22)78-37-14-24-15-38(47(37)70)79-36-9-6-23(13-29(36)55)46(69)44-52(75)61-42(53(76)77)27-16-25(64)17-34(66)40(27)26-11-21(4-7-33(26)65)41(50(73)63-44)58-19-32(24)60-49(72)31(18-39(56)67)59-51(43)74/h4-9,11-17,20,30-32,41-46,57-58,64-66,68-70H,10,18-19H2,1-3H3,(H2,56,67)(H,59,74)(H,60,72)(H,61,75)(H,62,71)(H,63,73)(H,76,77)/t30-,31+,32+,41+,42+,43-,44+,45-,46-/m1/s1. The molecule has 0 saturated heterocycles. The number of benzene rings is 5. The molecule has 11 bridgehead atoms. The third kappa shape index (κ3) is 12.2.